The Kier molecular flexibility index (Phi) is 4.89. The SMILES string of the molecule is CCc1c(-c2nc(CCSC)nn2CC(=O)O)[nH]c2ccccc12. The molecule has 0 aliphatic heterocycles. The molecule has 7 heteroatoms. The molecule has 0 amide bonds. The molecule has 0 bridgehead atoms. The Morgan fingerprint density at radius 3 is 2.88 bits per heavy atom. The van der Waals surface area contributed by atoms with Crippen molar-refractivity contribution in [1.29, 1.82) is 0 Å². The van der Waals surface area contributed by atoms with Crippen molar-refractivity contribution in [3.8, 4) is 11.5 Å². The fraction of sp³-hybridized carbons (Fsp3) is 0.353. The van der Waals surface area contributed by atoms with Gasteiger partial charge in [-0.05, 0) is 24.3 Å². The predicted octanol–water partition coefficient (Wildman–Crippen LogP) is 2.98. The van der Waals surface area contributed by atoms with Crippen LogP contribution in [0.15, 0.2) is 24.3 Å². The lowest BCUT2D eigenvalue weighted by atomic mass is 10.1. The largest absolute Gasteiger partial charge is 0.480 e. The number of carbonyl (C=O) groups is 1. The lowest BCUT2D eigenvalue weighted by molar-refractivity contribution is -0.137. The summed E-state index contributed by atoms with van der Waals surface area (Å²) < 4.78 is 1.49. The molecule has 2 heterocycles. The molecule has 3 aromatic rings. The van der Waals surface area contributed by atoms with E-state index in [0.717, 1.165) is 40.8 Å². The maximum absolute atomic E-state index is 11.2. The van der Waals surface area contributed by atoms with Crippen molar-refractivity contribution >= 4 is 28.6 Å². The summed E-state index contributed by atoms with van der Waals surface area (Å²) in [4.78, 5) is 19.2. The van der Waals surface area contributed by atoms with Gasteiger partial charge in [-0.15, -0.1) is 0 Å². The molecule has 0 fully saturated rings. The van der Waals surface area contributed by atoms with E-state index < -0.39 is 5.97 Å². The summed E-state index contributed by atoms with van der Waals surface area (Å²) >= 11 is 1.72. The summed E-state index contributed by atoms with van der Waals surface area (Å²) in [6, 6.07) is 8.07. The Hall–Kier alpha value is -2.28. The van der Waals surface area contributed by atoms with Gasteiger partial charge >= 0.3 is 5.97 Å². The van der Waals surface area contributed by atoms with Crippen LogP contribution in [-0.4, -0.2) is 42.8 Å². The number of aromatic amines is 1. The van der Waals surface area contributed by atoms with Gasteiger partial charge in [-0.2, -0.15) is 16.9 Å². The highest BCUT2D eigenvalue weighted by molar-refractivity contribution is 7.98. The number of nitrogens with zero attached hydrogens (tertiary/aromatic N) is 3. The molecule has 0 radical (unpaired) electrons. The predicted molar refractivity (Wildman–Crippen MR) is 96.4 cm³/mol. The quantitative estimate of drug-likeness (QED) is 0.688. The van der Waals surface area contributed by atoms with E-state index in [1.54, 1.807) is 11.8 Å². The van der Waals surface area contributed by atoms with Crippen molar-refractivity contribution in [3.05, 3.63) is 35.7 Å². The summed E-state index contributed by atoms with van der Waals surface area (Å²) in [6.45, 7) is 1.89. The molecule has 1 aromatic carbocycles. The Balaban J connectivity index is 2.13. The first kappa shape index (κ1) is 16.6. The Morgan fingerprint density at radius 1 is 1.38 bits per heavy atom. The van der Waals surface area contributed by atoms with E-state index in [2.05, 4.69) is 28.1 Å². The number of para-hydroxylation sites is 1. The van der Waals surface area contributed by atoms with Crippen LogP contribution in [0.4, 0.5) is 0 Å². The molecule has 3 rings (SSSR count). The summed E-state index contributed by atoms with van der Waals surface area (Å²) in [5.41, 5.74) is 3.03. The molecule has 126 valence electrons. The van der Waals surface area contributed by atoms with Crippen LogP contribution in [0.2, 0.25) is 0 Å². The summed E-state index contributed by atoms with van der Waals surface area (Å²) in [5, 5.41) is 14.7. The number of fused-ring (bicyclic) bond motifs is 1. The van der Waals surface area contributed by atoms with Crippen molar-refractivity contribution in [2.75, 3.05) is 12.0 Å². The number of thioether (sulfide) groups is 1. The summed E-state index contributed by atoms with van der Waals surface area (Å²) in [7, 11) is 0. The number of carboxylic acids is 1. The molecule has 0 saturated heterocycles. The average Bonchev–Trinajstić information content (AvgIpc) is 3.12. The van der Waals surface area contributed by atoms with Gasteiger partial charge in [0.1, 0.15) is 6.54 Å². The number of nitrogens with one attached hydrogen (secondary N) is 1. The van der Waals surface area contributed by atoms with E-state index in [9.17, 15) is 9.90 Å². The Bertz CT molecular complexity index is 869. The number of hydrogen-bond acceptors (Lipinski definition) is 4. The van der Waals surface area contributed by atoms with Crippen LogP contribution in [0.25, 0.3) is 22.4 Å². The molecule has 2 aromatic heterocycles. The van der Waals surface area contributed by atoms with E-state index in [1.165, 1.54) is 4.68 Å². The van der Waals surface area contributed by atoms with Gasteiger partial charge in [0.2, 0.25) is 0 Å². The minimum absolute atomic E-state index is 0.194. The van der Waals surface area contributed by atoms with Gasteiger partial charge in [0.25, 0.3) is 0 Å². The number of aryl methyl sites for hydroxylation is 2. The van der Waals surface area contributed by atoms with Gasteiger partial charge in [-0.3, -0.25) is 4.79 Å². The molecule has 0 spiro atoms. The van der Waals surface area contributed by atoms with Crippen molar-refractivity contribution in [2.45, 2.75) is 26.3 Å². The van der Waals surface area contributed by atoms with E-state index in [0.29, 0.717) is 11.6 Å². The monoisotopic (exact) mass is 344 g/mol. The second kappa shape index (κ2) is 7.09. The molecule has 0 atom stereocenters. The maximum atomic E-state index is 11.2. The number of aromatic nitrogens is 4. The van der Waals surface area contributed by atoms with Gasteiger partial charge in [0.15, 0.2) is 11.6 Å². The first-order valence-electron chi connectivity index (χ1n) is 7.88. The van der Waals surface area contributed by atoms with Crippen molar-refractivity contribution in [3.63, 3.8) is 0 Å². The number of benzene rings is 1. The third-order valence-electron chi connectivity index (χ3n) is 3.92. The highest BCUT2D eigenvalue weighted by Crippen LogP contribution is 2.30. The molecule has 0 unspecified atom stereocenters. The second-order valence-electron chi connectivity index (χ2n) is 5.52. The number of hydrogen-bond donors (Lipinski definition) is 2. The van der Waals surface area contributed by atoms with E-state index in [-0.39, 0.29) is 6.54 Å². The van der Waals surface area contributed by atoms with Crippen LogP contribution in [0.1, 0.15) is 18.3 Å². The first-order chi connectivity index (χ1) is 11.6. The number of rotatable bonds is 7. The molecule has 24 heavy (non-hydrogen) atoms. The van der Waals surface area contributed by atoms with Gasteiger partial charge in [0, 0.05) is 23.1 Å². The Labute approximate surface area is 144 Å². The third-order valence-corrected chi connectivity index (χ3v) is 4.53. The number of carboxylic acid groups (broad SMARTS) is 1. The molecular formula is C17H20N4O2S. The van der Waals surface area contributed by atoms with Crippen molar-refractivity contribution in [1.82, 2.24) is 19.7 Å². The zero-order valence-electron chi connectivity index (χ0n) is 13.7. The fourth-order valence-corrected chi connectivity index (χ4v) is 3.26. The number of H-pyrrole nitrogens is 1. The van der Waals surface area contributed by atoms with Crippen molar-refractivity contribution < 1.29 is 9.90 Å². The molecule has 0 aliphatic carbocycles. The fourth-order valence-electron chi connectivity index (χ4n) is 2.87. The summed E-state index contributed by atoms with van der Waals surface area (Å²) in [6.07, 6.45) is 3.59. The molecular weight excluding hydrogens is 324 g/mol. The van der Waals surface area contributed by atoms with Crippen LogP contribution in [0.5, 0.6) is 0 Å². The van der Waals surface area contributed by atoms with Crippen LogP contribution in [0.3, 0.4) is 0 Å². The van der Waals surface area contributed by atoms with E-state index in [4.69, 9.17) is 0 Å². The Morgan fingerprint density at radius 2 is 2.17 bits per heavy atom. The maximum Gasteiger partial charge on any atom is 0.325 e. The van der Waals surface area contributed by atoms with Gasteiger partial charge in [-0.25, -0.2) is 9.67 Å². The normalized spacial score (nSPS) is 11.2. The van der Waals surface area contributed by atoms with Gasteiger partial charge < -0.3 is 10.1 Å². The van der Waals surface area contributed by atoms with E-state index in [1.807, 2.05) is 24.5 Å². The van der Waals surface area contributed by atoms with Gasteiger partial charge in [-0.1, -0.05) is 25.1 Å². The highest BCUT2D eigenvalue weighted by Gasteiger charge is 2.19. The topological polar surface area (TPSA) is 83.8 Å². The molecule has 0 aliphatic rings. The summed E-state index contributed by atoms with van der Waals surface area (Å²) in [5.74, 6) is 1.26. The molecule has 0 saturated carbocycles. The zero-order valence-corrected chi connectivity index (χ0v) is 14.6. The third kappa shape index (κ3) is 3.17. The minimum atomic E-state index is -0.924. The van der Waals surface area contributed by atoms with Crippen LogP contribution in [-0.2, 0) is 24.2 Å². The average molecular weight is 344 g/mol. The number of aliphatic carboxylic acids is 1. The molecule has 2 N–H and O–H groups in total. The van der Waals surface area contributed by atoms with Gasteiger partial charge in [0.05, 0.1) is 5.69 Å². The zero-order chi connectivity index (χ0) is 17.1. The standard InChI is InChI=1S/C17H20N4O2S/c1-3-11-12-6-4-5-7-13(12)18-16(11)17-19-14(8-9-24-2)20-21(17)10-15(22)23/h4-7,18H,3,8-10H2,1-2H3,(H,22,23). The molecule has 6 nitrogen and oxygen atoms in total. The minimum Gasteiger partial charge on any atom is -0.480 e. The lowest BCUT2D eigenvalue weighted by Crippen LogP contribution is -2.12. The van der Waals surface area contributed by atoms with Crippen molar-refractivity contribution in [2.24, 2.45) is 0 Å². The van der Waals surface area contributed by atoms with Crippen LogP contribution < -0.4 is 0 Å². The highest BCUT2D eigenvalue weighted by atomic mass is 32.2. The first-order valence-corrected chi connectivity index (χ1v) is 9.27. The lowest BCUT2D eigenvalue weighted by Gasteiger charge is -2.03. The van der Waals surface area contributed by atoms with Crippen LogP contribution in [0, 0.1) is 0 Å². The second-order valence-corrected chi connectivity index (χ2v) is 6.51. The smallest absolute Gasteiger partial charge is 0.325 e. The van der Waals surface area contributed by atoms with Crippen LogP contribution >= 0.6 is 11.8 Å². The van der Waals surface area contributed by atoms with E-state index >= 15 is 0 Å².